The van der Waals surface area contributed by atoms with Crippen LogP contribution in [0, 0.1) is 0 Å². The molecular formula is C24H45Cl4N3O7P2. The SMILES string of the molecule is CCOP(=O)(OCC)C(CCNC(=O)[C@@H](N)Cc1ccc(N(CCCl)CCCl)cc1)P(=O)(OCC)OCC.Cl.Cl. The van der Waals surface area contributed by atoms with E-state index in [4.69, 9.17) is 47.0 Å². The van der Waals surface area contributed by atoms with Gasteiger partial charge in [0.15, 0.2) is 5.40 Å². The molecule has 1 rings (SSSR count). The third-order valence-electron chi connectivity index (χ3n) is 5.47. The number of halogens is 4. The molecule has 0 aromatic heterocycles. The van der Waals surface area contributed by atoms with Gasteiger partial charge in [0.05, 0.1) is 32.5 Å². The molecule has 1 aromatic carbocycles. The van der Waals surface area contributed by atoms with Crippen LogP contribution < -0.4 is 16.0 Å². The molecule has 0 fully saturated rings. The van der Waals surface area contributed by atoms with Crippen molar-refractivity contribution in [1.82, 2.24) is 5.32 Å². The maximum absolute atomic E-state index is 13.6. The van der Waals surface area contributed by atoms with Crippen molar-refractivity contribution in [3.05, 3.63) is 29.8 Å². The molecular weight excluding hydrogens is 646 g/mol. The Hall–Kier alpha value is -0.0900. The number of nitrogens with two attached hydrogens (primary N) is 1. The summed E-state index contributed by atoms with van der Waals surface area (Å²) in [5, 5.41) is 1.54. The van der Waals surface area contributed by atoms with Crippen LogP contribution in [-0.4, -0.2) is 75.2 Å². The molecule has 0 radical (unpaired) electrons. The van der Waals surface area contributed by atoms with Gasteiger partial charge >= 0.3 is 15.2 Å². The molecule has 16 heteroatoms. The fourth-order valence-electron chi connectivity index (χ4n) is 3.85. The van der Waals surface area contributed by atoms with Crippen LogP contribution in [0.3, 0.4) is 0 Å². The Bertz CT molecular complexity index is 863. The van der Waals surface area contributed by atoms with Crippen molar-refractivity contribution in [3.63, 3.8) is 0 Å². The Kier molecular flexibility index (Phi) is 23.6. The lowest BCUT2D eigenvalue weighted by molar-refractivity contribution is -0.122. The normalized spacial score (nSPS) is 12.4. The van der Waals surface area contributed by atoms with Gasteiger partial charge < -0.3 is 34.0 Å². The monoisotopic (exact) mass is 689 g/mol. The van der Waals surface area contributed by atoms with Gasteiger partial charge in [-0.05, 0) is 58.2 Å². The first-order valence-corrected chi connectivity index (χ1v) is 17.2. The number of hydrogen-bond donors (Lipinski definition) is 2. The summed E-state index contributed by atoms with van der Waals surface area (Å²) in [6, 6.07) is 6.89. The third kappa shape index (κ3) is 13.5. The Morgan fingerprint density at radius 3 is 1.68 bits per heavy atom. The van der Waals surface area contributed by atoms with Crippen molar-refractivity contribution < 1.29 is 32.0 Å². The average Bonchev–Trinajstić information content (AvgIpc) is 2.87. The molecule has 1 aromatic rings. The predicted molar refractivity (Wildman–Crippen MR) is 169 cm³/mol. The Morgan fingerprint density at radius 1 is 0.875 bits per heavy atom. The third-order valence-corrected chi connectivity index (χ3v) is 12.0. The van der Waals surface area contributed by atoms with Gasteiger partial charge in [0, 0.05) is 37.1 Å². The Labute approximate surface area is 261 Å². The fraction of sp³-hybridized carbons (Fsp3) is 0.708. The zero-order valence-electron chi connectivity index (χ0n) is 23.6. The number of benzene rings is 1. The van der Waals surface area contributed by atoms with E-state index < -0.39 is 32.5 Å². The van der Waals surface area contributed by atoms with Crippen LogP contribution in [0.1, 0.15) is 39.7 Å². The van der Waals surface area contributed by atoms with Gasteiger partial charge in [-0.15, -0.1) is 48.0 Å². The minimum atomic E-state index is -3.89. The molecule has 236 valence electrons. The second-order valence-electron chi connectivity index (χ2n) is 8.15. The number of anilines is 1. The van der Waals surface area contributed by atoms with Gasteiger partial charge in [-0.25, -0.2) is 0 Å². The van der Waals surface area contributed by atoms with Crippen LogP contribution in [0.15, 0.2) is 24.3 Å². The van der Waals surface area contributed by atoms with Crippen LogP contribution >= 0.6 is 63.2 Å². The molecule has 0 bridgehead atoms. The quantitative estimate of drug-likeness (QED) is 0.117. The van der Waals surface area contributed by atoms with Crippen molar-refractivity contribution in [2.45, 2.75) is 52.0 Å². The van der Waals surface area contributed by atoms with E-state index in [1.165, 1.54) is 0 Å². The molecule has 0 saturated heterocycles. The maximum Gasteiger partial charge on any atom is 0.345 e. The van der Waals surface area contributed by atoms with Crippen LogP contribution in [0.2, 0.25) is 0 Å². The van der Waals surface area contributed by atoms with Gasteiger partial charge in [-0.2, -0.15) is 0 Å². The molecule has 0 spiro atoms. The smallest absolute Gasteiger partial charge is 0.345 e. The second kappa shape index (κ2) is 22.4. The first-order valence-electron chi connectivity index (χ1n) is 12.9. The molecule has 10 nitrogen and oxygen atoms in total. The predicted octanol–water partition coefficient (Wildman–Crippen LogP) is 6.05. The van der Waals surface area contributed by atoms with Crippen LogP contribution in [0.4, 0.5) is 5.69 Å². The lowest BCUT2D eigenvalue weighted by atomic mass is 10.1. The first-order chi connectivity index (χ1) is 18.1. The van der Waals surface area contributed by atoms with E-state index >= 15 is 0 Å². The van der Waals surface area contributed by atoms with Crippen molar-refractivity contribution in [3.8, 4) is 0 Å². The maximum atomic E-state index is 13.6. The summed E-state index contributed by atoms with van der Waals surface area (Å²) >= 11 is 11.8. The molecule has 40 heavy (non-hydrogen) atoms. The van der Waals surface area contributed by atoms with E-state index in [0.29, 0.717) is 31.3 Å². The van der Waals surface area contributed by atoms with E-state index in [1.54, 1.807) is 27.7 Å². The van der Waals surface area contributed by atoms with E-state index in [9.17, 15) is 13.9 Å². The second-order valence-corrected chi connectivity index (χ2v) is 13.8. The van der Waals surface area contributed by atoms with Gasteiger partial charge in [0.1, 0.15) is 0 Å². The van der Waals surface area contributed by atoms with Gasteiger partial charge in [-0.1, -0.05) is 12.1 Å². The lowest BCUT2D eigenvalue weighted by Gasteiger charge is -2.31. The average molecular weight is 691 g/mol. The molecule has 0 unspecified atom stereocenters. The standard InChI is InChI=1S/C24H43Cl2N3O7P2.2ClH/c1-5-33-37(31,34-6-2)23(38(32,35-7-3)36-8-4)13-16-28-24(30)22(27)19-20-9-11-21(12-10-20)29(17-14-25)18-15-26;;/h9-12,22-23H,5-8,13-19,27H2,1-4H3,(H,28,30);2*1H/t22-;;/m0../s1. The number of rotatable bonds is 21. The molecule has 3 N–H and O–H groups in total. The van der Waals surface area contributed by atoms with E-state index in [0.717, 1.165) is 11.3 Å². The number of hydrogen-bond acceptors (Lipinski definition) is 9. The topological polar surface area (TPSA) is 129 Å². The highest BCUT2D eigenvalue weighted by molar-refractivity contribution is 7.72. The summed E-state index contributed by atoms with van der Waals surface area (Å²) in [5.74, 6) is 0.573. The molecule has 0 aliphatic carbocycles. The highest BCUT2D eigenvalue weighted by Crippen LogP contribution is 2.71. The van der Waals surface area contributed by atoms with Crippen molar-refractivity contribution >= 4 is 74.8 Å². The molecule has 0 aliphatic heterocycles. The molecule has 1 amide bonds. The summed E-state index contributed by atoms with van der Waals surface area (Å²) in [4.78, 5) is 14.8. The molecule has 0 heterocycles. The van der Waals surface area contributed by atoms with Crippen molar-refractivity contribution in [2.24, 2.45) is 5.73 Å². The summed E-state index contributed by atoms with van der Waals surface area (Å²) in [6.07, 6.45) is 0.298. The zero-order valence-corrected chi connectivity index (χ0v) is 28.5. The minimum Gasteiger partial charge on any atom is -0.369 e. The van der Waals surface area contributed by atoms with Crippen molar-refractivity contribution in [2.75, 3.05) is 62.7 Å². The molecule has 1 atom stereocenters. The van der Waals surface area contributed by atoms with Crippen LogP contribution in [0.25, 0.3) is 0 Å². The number of alkyl halides is 2. The molecule has 0 saturated carbocycles. The van der Waals surface area contributed by atoms with E-state index in [1.807, 2.05) is 24.3 Å². The number of carbonyl (C=O) groups is 1. The number of nitrogens with one attached hydrogen (secondary N) is 1. The van der Waals surface area contributed by atoms with Crippen LogP contribution in [-0.2, 0) is 38.4 Å². The van der Waals surface area contributed by atoms with Crippen LogP contribution in [0.5, 0.6) is 0 Å². The molecule has 0 aliphatic rings. The number of nitrogens with zero attached hydrogens (tertiary/aromatic N) is 1. The highest BCUT2D eigenvalue weighted by Gasteiger charge is 2.50. The van der Waals surface area contributed by atoms with Crippen molar-refractivity contribution in [1.29, 1.82) is 0 Å². The lowest BCUT2D eigenvalue weighted by Crippen LogP contribution is -2.43. The fourth-order valence-corrected chi connectivity index (χ4v) is 9.61. The van der Waals surface area contributed by atoms with Gasteiger partial charge in [-0.3, -0.25) is 13.9 Å². The number of amides is 1. The zero-order chi connectivity index (χ0) is 28.6. The first kappa shape index (κ1) is 42.0. The summed E-state index contributed by atoms with van der Waals surface area (Å²) in [6.45, 7) is 8.35. The highest BCUT2D eigenvalue weighted by atomic mass is 35.5. The van der Waals surface area contributed by atoms with Gasteiger partial charge in [0.25, 0.3) is 0 Å². The summed E-state index contributed by atoms with van der Waals surface area (Å²) in [7, 11) is -7.78. The van der Waals surface area contributed by atoms with E-state index in [-0.39, 0.29) is 64.2 Å². The largest absolute Gasteiger partial charge is 0.369 e. The van der Waals surface area contributed by atoms with Gasteiger partial charge in [0.2, 0.25) is 5.91 Å². The Balaban J connectivity index is 0. The van der Waals surface area contributed by atoms with E-state index in [2.05, 4.69) is 10.2 Å². The number of carbonyl (C=O) groups excluding carboxylic acids is 1. The minimum absolute atomic E-state index is 0. The Morgan fingerprint density at radius 2 is 1.30 bits per heavy atom. The summed E-state index contributed by atoms with van der Waals surface area (Å²) in [5.41, 5.74) is 8.03. The summed E-state index contributed by atoms with van der Waals surface area (Å²) < 4.78 is 49.0.